The van der Waals surface area contributed by atoms with E-state index in [1.54, 1.807) is 36.4 Å². The zero-order valence-corrected chi connectivity index (χ0v) is 13.9. The van der Waals surface area contributed by atoms with Crippen LogP contribution in [0.1, 0.15) is 0 Å². The van der Waals surface area contributed by atoms with Crippen LogP contribution in [-0.4, -0.2) is 18.4 Å². The van der Waals surface area contributed by atoms with Gasteiger partial charge < -0.3 is 9.17 Å². The average molecular weight is 350 g/mol. The highest BCUT2D eigenvalue weighted by molar-refractivity contribution is 7.87. The Morgan fingerprint density at radius 1 is 0.840 bits per heavy atom. The molecular weight excluding hydrogens is 336 g/mol. The molecule has 0 atom stereocenters. The van der Waals surface area contributed by atoms with Crippen LogP contribution in [-0.2, 0) is 10.1 Å². The molecule has 0 fully saturated rings. The van der Waals surface area contributed by atoms with Crippen molar-refractivity contribution in [2.24, 2.45) is 0 Å². The number of rotatable bonds is 4. The minimum absolute atomic E-state index is 0.0648. The minimum atomic E-state index is -3.91. The third-order valence-electron chi connectivity index (χ3n) is 3.74. The fourth-order valence-corrected chi connectivity index (χ4v) is 3.48. The third kappa shape index (κ3) is 3.12. The van der Waals surface area contributed by atoms with Crippen LogP contribution >= 0.6 is 0 Å². The van der Waals surface area contributed by atoms with Crippen LogP contribution in [0.2, 0.25) is 0 Å². The van der Waals surface area contributed by atoms with Crippen molar-refractivity contribution in [2.45, 2.75) is 4.90 Å². The topological polar surface area (TPSA) is 72.1 Å². The van der Waals surface area contributed by atoms with Crippen LogP contribution < -0.4 is 4.18 Å². The minimum Gasteiger partial charge on any atom is -0.379 e. The molecule has 0 radical (unpaired) electrons. The molecule has 0 spiro atoms. The van der Waals surface area contributed by atoms with Crippen molar-refractivity contribution >= 4 is 21.2 Å². The number of hydrogen-bond acceptors (Lipinski definition) is 4. The summed E-state index contributed by atoms with van der Waals surface area (Å²) in [4.78, 5) is 7.75. The number of nitrogens with one attached hydrogen (secondary N) is 1. The van der Waals surface area contributed by atoms with Crippen molar-refractivity contribution in [1.82, 2.24) is 9.97 Å². The van der Waals surface area contributed by atoms with E-state index in [1.807, 2.05) is 30.3 Å². The van der Waals surface area contributed by atoms with Gasteiger partial charge in [-0.05, 0) is 30.3 Å². The highest BCUT2D eigenvalue weighted by atomic mass is 32.2. The molecule has 6 heteroatoms. The summed E-state index contributed by atoms with van der Waals surface area (Å²) < 4.78 is 30.1. The zero-order chi connectivity index (χ0) is 17.3. The van der Waals surface area contributed by atoms with E-state index >= 15 is 0 Å². The maximum atomic E-state index is 12.5. The number of para-hydroxylation sites is 1. The number of aromatic amines is 1. The van der Waals surface area contributed by atoms with Crippen LogP contribution in [0.25, 0.3) is 22.4 Å². The van der Waals surface area contributed by atoms with Gasteiger partial charge in [0.2, 0.25) is 0 Å². The Morgan fingerprint density at radius 2 is 1.52 bits per heavy atom. The van der Waals surface area contributed by atoms with E-state index in [1.165, 1.54) is 12.1 Å². The molecule has 0 saturated carbocycles. The van der Waals surface area contributed by atoms with Crippen molar-refractivity contribution in [3.8, 4) is 17.1 Å². The van der Waals surface area contributed by atoms with Gasteiger partial charge in [0.1, 0.15) is 16.5 Å². The molecule has 0 aliphatic carbocycles. The molecule has 5 nitrogen and oxygen atoms in total. The highest BCUT2D eigenvalue weighted by Crippen LogP contribution is 2.24. The Hall–Kier alpha value is -3.12. The second kappa shape index (κ2) is 6.07. The van der Waals surface area contributed by atoms with E-state index in [9.17, 15) is 8.42 Å². The lowest BCUT2D eigenvalue weighted by Gasteiger charge is -2.06. The van der Waals surface area contributed by atoms with Gasteiger partial charge in [0.15, 0.2) is 0 Å². The van der Waals surface area contributed by atoms with Gasteiger partial charge in [-0.3, -0.25) is 0 Å². The maximum Gasteiger partial charge on any atom is 0.339 e. The molecular formula is C19H14N2O3S. The summed E-state index contributed by atoms with van der Waals surface area (Å²) in [5, 5.41) is 0. The van der Waals surface area contributed by atoms with Crippen molar-refractivity contribution in [1.29, 1.82) is 0 Å². The second-order valence-electron chi connectivity index (χ2n) is 5.48. The average Bonchev–Trinajstić information content (AvgIpc) is 3.06. The monoisotopic (exact) mass is 350 g/mol. The Morgan fingerprint density at radius 3 is 2.24 bits per heavy atom. The lowest BCUT2D eigenvalue weighted by molar-refractivity contribution is 0.486. The van der Waals surface area contributed by atoms with Gasteiger partial charge in [-0.1, -0.05) is 48.5 Å². The highest BCUT2D eigenvalue weighted by Gasteiger charge is 2.18. The first-order valence-electron chi connectivity index (χ1n) is 7.66. The van der Waals surface area contributed by atoms with Gasteiger partial charge in [0, 0.05) is 5.56 Å². The Labute approximate surface area is 145 Å². The van der Waals surface area contributed by atoms with E-state index in [2.05, 4.69) is 9.97 Å². The summed E-state index contributed by atoms with van der Waals surface area (Å²) in [6.45, 7) is 0. The summed E-state index contributed by atoms with van der Waals surface area (Å²) in [6.07, 6.45) is 0. The smallest absolute Gasteiger partial charge is 0.339 e. The largest absolute Gasteiger partial charge is 0.379 e. The first-order chi connectivity index (χ1) is 12.1. The number of hydrogen-bond donors (Lipinski definition) is 1. The predicted octanol–water partition coefficient (Wildman–Crippen LogP) is 4.00. The summed E-state index contributed by atoms with van der Waals surface area (Å²) >= 11 is 0. The Bertz CT molecular complexity index is 1120. The first-order valence-corrected chi connectivity index (χ1v) is 9.07. The molecule has 1 aromatic heterocycles. The zero-order valence-electron chi connectivity index (χ0n) is 13.1. The van der Waals surface area contributed by atoms with Crippen molar-refractivity contribution in [3.63, 3.8) is 0 Å². The van der Waals surface area contributed by atoms with Gasteiger partial charge in [-0.25, -0.2) is 4.98 Å². The Kier molecular flexibility index (Phi) is 3.74. The summed E-state index contributed by atoms with van der Waals surface area (Å²) in [5.74, 6) is 0.962. The molecule has 0 aliphatic heterocycles. The predicted molar refractivity (Wildman–Crippen MR) is 95.8 cm³/mol. The molecule has 1 heterocycles. The second-order valence-corrected chi connectivity index (χ2v) is 7.03. The summed E-state index contributed by atoms with van der Waals surface area (Å²) in [7, 11) is -3.91. The quantitative estimate of drug-likeness (QED) is 0.565. The van der Waals surface area contributed by atoms with E-state index < -0.39 is 10.1 Å². The molecule has 0 aliphatic rings. The van der Waals surface area contributed by atoms with Crippen LogP contribution in [0, 0.1) is 0 Å². The van der Waals surface area contributed by atoms with Crippen molar-refractivity contribution in [3.05, 3.63) is 78.9 Å². The molecule has 0 bridgehead atoms. The lowest BCUT2D eigenvalue weighted by Crippen LogP contribution is -2.09. The van der Waals surface area contributed by atoms with Crippen molar-refractivity contribution < 1.29 is 12.6 Å². The molecule has 3 aromatic carbocycles. The van der Waals surface area contributed by atoms with Crippen LogP contribution in [0.5, 0.6) is 5.75 Å². The van der Waals surface area contributed by atoms with E-state index in [4.69, 9.17) is 4.18 Å². The van der Waals surface area contributed by atoms with Crippen LogP contribution in [0.15, 0.2) is 83.8 Å². The fourth-order valence-electron chi connectivity index (χ4n) is 2.52. The molecule has 1 N–H and O–H groups in total. The van der Waals surface area contributed by atoms with Gasteiger partial charge in [0.05, 0.1) is 11.0 Å². The fraction of sp³-hybridized carbons (Fsp3) is 0. The summed E-state index contributed by atoms with van der Waals surface area (Å²) in [6, 6.07) is 22.8. The SMILES string of the molecule is O=S(=O)(Oc1ccccc1)c1ccc2[nH]c(-c3ccccc3)nc2c1. The molecule has 4 aromatic rings. The number of nitrogens with zero attached hydrogens (tertiary/aromatic N) is 1. The van der Waals surface area contributed by atoms with Crippen molar-refractivity contribution in [2.75, 3.05) is 0 Å². The molecule has 4 rings (SSSR count). The van der Waals surface area contributed by atoms with Crippen LogP contribution in [0.3, 0.4) is 0 Å². The van der Waals surface area contributed by atoms with Crippen LogP contribution in [0.4, 0.5) is 0 Å². The number of fused-ring (bicyclic) bond motifs is 1. The number of H-pyrrole nitrogens is 1. The summed E-state index contributed by atoms with van der Waals surface area (Å²) in [5.41, 5.74) is 2.26. The number of benzene rings is 3. The normalized spacial score (nSPS) is 11.5. The molecule has 124 valence electrons. The maximum absolute atomic E-state index is 12.5. The number of imidazole rings is 1. The lowest BCUT2D eigenvalue weighted by atomic mass is 10.2. The van der Waals surface area contributed by atoms with Gasteiger partial charge >= 0.3 is 10.1 Å². The molecule has 0 unspecified atom stereocenters. The first kappa shape index (κ1) is 15.4. The third-order valence-corrected chi connectivity index (χ3v) is 4.98. The molecule has 0 saturated heterocycles. The number of aromatic nitrogens is 2. The van der Waals surface area contributed by atoms with Gasteiger partial charge in [-0.2, -0.15) is 8.42 Å². The van der Waals surface area contributed by atoms with E-state index in [0.29, 0.717) is 11.3 Å². The van der Waals surface area contributed by atoms with E-state index in [0.717, 1.165) is 11.1 Å². The van der Waals surface area contributed by atoms with Gasteiger partial charge in [0.25, 0.3) is 0 Å². The van der Waals surface area contributed by atoms with Gasteiger partial charge in [-0.15, -0.1) is 0 Å². The molecule has 25 heavy (non-hydrogen) atoms. The standard InChI is InChI=1S/C19H14N2O3S/c22-25(23,24-15-9-5-2-6-10-15)16-11-12-17-18(13-16)21-19(20-17)14-7-3-1-4-8-14/h1-13H,(H,20,21). The molecule has 0 amide bonds. The van der Waals surface area contributed by atoms with E-state index in [-0.39, 0.29) is 10.6 Å². The Balaban J connectivity index is 1.71.